The number of hydrogen-bond donors (Lipinski definition) is 2. The minimum absolute atomic E-state index is 0.436. The van der Waals surface area contributed by atoms with Gasteiger partial charge in [-0.3, -0.25) is 4.68 Å². The number of nitrogen functional groups attached to an aromatic ring is 1. The molecular weight excluding hydrogens is 198 g/mol. The number of aryl methyl sites for hydroxylation is 1. The highest BCUT2D eigenvalue weighted by Gasteiger charge is 2.13. The number of aromatic nitrogens is 7. The van der Waals surface area contributed by atoms with Gasteiger partial charge in [0.1, 0.15) is 5.52 Å². The van der Waals surface area contributed by atoms with E-state index in [1.807, 2.05) is 6.20 Å². The normalized spacial score (nSPS) is 11.3. The van der Waals surface area contributed by atoms with Gasteiger partial charge in [-0.05, 0) is 10.4 Å². The SMILES string of the molecule is Cn1cc2c(n1)c(NN)nn1nnnc21. The van der Waals surface area contributed by atoms with Crippen molar-refractivity contribution in [2.75, 3.05) is 5.43 Å². The Balaban J connectivity index is 2.57. The summed E-state index contributed by atoms with van der Waals surface area (Å²) in [5.74, 6) is 5.78. The maximum absolute atomic E-state index is 5.34. The fourth-order valence-electron chi connectivity index (χ4n) is 1.48. The molecule has 0 aliphatic heterocycles. The summed E-state index contributed by atoms with van der Waals surface area (Å²) in [6.45, 7) is 0. The Morgan fingerprint density at radius 2 is 2.27 bits per heavy atom. The summed E-state index contributed by atoms with van der Waals surface area (Å²) in [5.41, 5.74) is 3.66. The zero-order valence-electron chi connectivity index (χ0n) is 7.79. The maximum Gasteiger partial charge on any atom is 0.211 e. The van der Waals surface area contributed by atoms with Gasteiger partial charge >= 0.3 is 0 Å². The lowest BCUT2D eigenvalue weighted by Crippen LogP contribution is -2.11. The van der Waals surface area contributed by atoms with Crippen LogP contribution < -0.4 is 11.3 Å². The number of fused-ring (bicyclic) bond motifs is 3. The highest BCUT2D eigenvalue weighted by atomic mass is 15.6. The van der Waals surface area contributed by atoms with Crippen LogP contribution in [0.25, 0.3) is 16.6 Å². The van der Waals surface area contributed by atoms with E-state index in [-0.39, 0.29) is 0 Å². The lowest BCUT2D eigenvalue weighted by Gasteiger charge is -1.98. The van der Waals surface area contributed by atoms with E-state index < -0.39 is 0 Å². The highest BCUT2D eigenvalue weighted by molar-refractivity contribution is 5.96. The molecule has 0 fully saturated rings. The van der Waals surface area contributed by atoms with E-state index in [1.165, 1.54) is 4.63 Å². The molecule has 3 heterocycles. The fourth-order valence-corrected chi connectivity index (χ4v) is 1.48. The molecular formula is C6H7N9. The molecule has 15 heavy (non-hydrogen) atoms. The van der Waals surface area contributed by atoms with Gasteiger partial charge in [0, 0.05) is 13.2 Å². The maximum atomic E-state index is 5.34. The van der Waals surface area contributed by atoms with Crippen LogP contribution in [0.4, 0.5) is 5.82 Å². The summed E-state index contributed by atoms with van der Waals surface area (Å²) in [6, 6.07) is 0. The average molecular weight is 205 g/mol. The first kappa shape index (κ1) is 8.05. The average Bonchev–Trinajstić information content (AvgIpc) is 2.80. The van der Waals surface area contributed by atoms with Gasteiger partial charge in [0.25, 0.3) is 0 Å². The molecule has 0 saturated heterocycles. The molecule has 3 N–H and O–H groups in total. The first-order valence-corrected chi connectivity index (χ1v) is 4.18. The first-order chi connectivity index (χ1) is 7.29. The Kier molecular flexibility index (Phi) is 1.40. The molecule has 0 bridgehead atoms. The van der Waals surface area contributed by atoms with E-state index in [0.717, 1.165) is 5.39 Å². The second-order valence-electron chi connectivity index (χ2n) is 3.05. The van der Waals surface area contributed by atoms with Crippen LogP contribution in [-0.2, 0) is 7.05 Å². The number of nitrogens with zero attached hydrogens (tertiary/aromatic N) is 7. The fraction of sp³-hybridized carbons (Fsp3) is 0.167. The zero-order chi connectivity index (χ0) is 10.4. The summed E-state index contributed by atoms with van der Waals surface area (Å²) in [6.07, 6.45) is 1.81. The molecule has 0 aromatic carbocycles. The van der Waals surface area contributed by atoms with Gasteiger partial charge < -0.3 is 5.43 Å². The predicted octanol–water partition coefficient (Wildman–Crippen LogP) is -1.31. The molecule has 9 heteroatoms. The second kappa shape index (κ2) is 2.60. The van der Waals surface area contributed by atoms with Crippen molar-refractivity contribution < 1.29 is 0 Å². The number of nitrogens with two attached hydrogens (primary N) is 1. The predicted molar refractivity (Wildman–Crippen MR) is 50.7 cm³/mol. The minimum atomic E-state index is 0.436. The Morgan fingerprint density at radius 1 is 1.40 bits per heavy atom. The van der Waals surface area contributed by atoms with Crippen molar-refractivity contribution >= 4 is 22.4 Å². The van der Waals surface area contributed by atoms with Crippen molar-refractivity contribution in [3.05, 3.63) is 6.20 Å². The summed E-state index contributed by atoms with van der Waals surface area (Å²) >= 11 is 0. The molecule has 0 spiro atoms. The summed E-state index contributed by atoms with van der Waals surface area (Å²) in [4.78, 5) is 0. The molecule has 3 aromatic rings. The minimum Gasteiger partial charge on any atom is -0.305 e. The topological polar surface area (TPSA) is 112 Å². The van der Waals surface area contributed by atoms with Crippen LogP contribution in [0, 0.1) is 0 Å². The number of hydrazine groups is 1. The Bertz CT molecular complexity index is 634. The van der Waals surface area contributed by atoms with Gasteiger partial charge in [0.05, 0.1) is 5.39 Å². The van der Waals surface area contributed by atoms with Gasteiger partial charge in [-0.1, -0.05) is 0 Å². The zero-order valence-corrected chi connectivity index (χ0v) is 7.79. The van der Waals surface area contributed by atoms with Crippen LogP contribution >= 0.6 is 0 Å². The van der Waals surface area contributed by atoms with Crippen molar-refractivity contribution in [1.82, 2.24) is 35.0 Å². The van der Waals surface area contributed by atoms with Crippen LogP contribution in [0.5, 0.6) is 0 Å². The molecule has 9 nitrogen and oxygen atoms in total. The van der Waals surface area contributed by atoms with Crippen molar-refractivity contribution in [1.29, 1.82) is 0 Å². The van der Waals surface area contributed by atoms with E-state index in [2.05, 4.69) is 31.1 Å². The lowest BCUT2D eigenvalue weighted by molar-refractivity contribution is 0.736. The molecule has 0 unspecified atom stereocenters. The smallest absolute Gasteiger partial charge is 0.211 e. The molecule has 0 radical (unpaired) electrons. The van der Waals surface area contributed by atoms with E-state index in [9.17, 15) is 0 Å². The highest BCUT2D eigenvalue weighted by Crippen LogP contribution is 2.20. The van der Waals surface area contributed by atoms with Gasteiger partial charge in [0.2, 0.25) is 5.65 Å². The first-order valence-electron chi connectivity index (χ1n) is 4.18. The van der Waals surface area contributed by atoms with E-state index >= 15 is 0 Å². The summed E-state index contributed by atoms with van der Waals surface area (Å²) < 4.78 is 2.96. The van der Waals surface area contributed by atoms with Gasteiger partial charge in [-0.2, -0.15) is 5.10 Å². The van der Waals surface area contributed by atoms with Crippen molar-refractivity contribution in [2.45, 2.75) is 0 Å². The standard InChI is InChI=1S/C6H7N9/c1-14-2-3-4(10-14)5(8-7)11-15-6(3)9-12-13-15/h2H,7H2,1H3,(H,8,11). The molecule has 0 aliphatic carbocycles. The molecule has 3 aromatic heterocycles. The Hall–Kier alpha value is -2.29. The second-order valence-corrected chi connectivity index (χ2v) is 3.05. The van der Waals surface area contributed by atoms with Gasteiger partial charge in [0.15, 0.2) is 5.82 Å². The van der Waals surface area contributed by atoms with E-state index in [4.69, 9.17) is 5.84 Å². The third-order valence-corrected chi connectivity index (χ3v) is 2.08. The molecule has 0 aliphatic rings. The largest absolute Gasteiger partial charge is 0.305 e. The van der Waals surface area contributed by atoms with Crippen molar-refractivity contribution in [2.24, 2.45) is 12.9 Å². The van der Waals surface area contributed by atoms with Crippen LogP contribution in [0.2, 0.25) is 0 Å². The molecule has 3 rings (SSSR count). The molecule has 0 saturated carbocycles. The van der Waals surface area contributed by atoms with Crippen LogP contribution in [0.3, 0.4) is 0 Å². The van der Waals surface area contributed by atoms with Crippen LogP contribution in [-0.4, -0.2) is 35.0 Å². The molecule has 76 valence electrons. The Labute approximate surface area is 82.8 Å². The third-order valence-electron chi connectivity index (χ3n) is 2.08. The summed E-state index contributed by atoms with van der Waals surface area (Å²) in [7, 11) is 1.81. The van der Waals surface area contributed by atoms with Crippen molar-refractivity contribution in [3.8, 4) is 0 Å². The number of anilines is 1. The van der Waals surface area contributed by atoms with Crippen molar-refractivity contribution in [3.63, 3.8) is 0 Å². The summed E-state index contributed by atoms with van der Waals surface area (Å²) in [5, 5.41) is 20.2. The van der Waals surface area contributed by atoms with E-state index in [1.54, 1.807) is 11.7 Å². The van der Waals surface area contributed by atoms with Crippen LogP contribution in [0.1, 0.15) is 0 Å². The number of hydrogen-bond acceptors (Lipinski definition) is 7. The van der Waals surface area contributed by atoms with E-state index in [0.29, 0.717) is 17.0 Å². The number of tetrazole rings is 1. The quantitative estimate of drug-likeness (QED) is 0.374. The van der Waals surface area contributed by atoms with Gasteiger partial charge in [-0.25, -0.2) is 5.84 Å². The molecule has 0 amide bonds. The number of nitrogens with one attached hydrogen (secondary N) is 1. The third kappa shape index (κ3) is 0.972. The number of rotatable bonds is 1. The van der Waals surface area contributed by atoms with Gasteiger partial charge in [-0.15, -0.1) is 14.8 Å². The monoisotopic (exact) mass is 205 g/mol. The molecule has 0 atom stereocenters. The van der Waals surface area contributed by atoms with Crippen LogP contribution in [0.15, 0.2) is 6.20 Å². The lowest BCUT2D eigenvalue weighted by atomic mass is 10.3. The Morgan fingerprint density at radius 3 is 3.07 bits per heavy atom.